The molecule has 0 spiro atoms. The first-order chi connectivity index (χ1) is 8.45. The molecule has 0 amide bonds. The number of ether oxygens (including phenoxy) is 1. The maximum Gasteiger partial charge on any atom is 0.306 e. The highest BCUT2D eigenvalue weighted by Gasteiger charge is 2.47. The van der Waals surface area contributed by atoms with Crippen molar-refractivity contribution < 1.29 is 23.4 Å². The van der Waals surface area contributed by atoms with Crippen molar-refractivity contribution in [2.75, 3.05) is 7.11 Å². The fourth-order valence-corrected chi connectivity index (χ4v) is 2.08. The van der Waals surface area contributed by atoms with Crippen LogP contribution in [0.25, 0.3) is 0 Å². The Balaban J connectivity index is 2.24. The van der Waals surface area contributed by atoms with Crippen molar-refractivity contribution in [1.29, 1.82) is 0 Å². The summed E-state index contributed by atoms with van der Waals surface area (Å²) in [5, 5.41) is 8.78. The van der Waals surface area contributed by atoms with E-state index in [1.165, 1.54) is 7.11 Å². The molecule has 0 aromatic heterocycles. The summed E-state index contributed by atoms with van der Waals surface area (Å²) in [6.45, 7) is 0. The van der Waals surface area contributed by atoms with Crippen LogP contribution in [0.1, 0.15) is 18.0 Å². The highest BCUT2D eigenvalue weighted by Crippen LogP contribution is 2.47. The van der Waals surface area contributed by atoms with Gasteiger partial charge < -0.3 is 15.6 Å². The Bertz CT molecular complexity index is 492. The highest BCUT2D eigenvalue weighted by atomic mass is 19.1. The number of nitrogens with two attached hydrogens (primary N) is 1. The molecule has 98 valence electrons. The smallest absolute Gasteiger partial charge is 0.306 e. The van der Waals surface area contributed by atoms with Gasteiger partial charge >= 0.3 is 5.97 Å². The van der Waals surface area contributed by atoms with E-state index in [0.717, 1.165) is 12.1 Å². The van der Waals surface area contributed by atoms with Gasteiger partial charge in [0, 0.05) is 17.7 Å². The molecule has 18 heavy (non-hydrogen) atoms. The summed E-state index contributed by atoms with van der Waals surface area (Å²) in [6.07, 6.45) is 0.392. The zero-order valence-electron chi connectivity index (χ0n) is 9.69. The van der Waals surface area contributed by atoms with Gasteiger partial charge in [-0.3, -0.25) is 4.79 Å². The molecule has 0 aliphatic heterocycles. The molecule has 1 aliphatic rings. The van der Waals surface area contributed by atoms with Crippen LogP contribution in [0.4, 0.5) is 8.78 Å². The first-order valence-electron chi connectivity index (χ1n) is 5.47. The number of benzene rings is 1. The number of carboxylic acid groups (broad SMARTS) is 1. The third kappa shape index (κ3) is 2.15. The Morgan fingerprint density at radius 2 is 2.17 bits per heavy atom. The van der Waals surface area contributed by atoms with E-state index < -0.39 is 29.6 Å². The molecule has 3 unspecified atom stereocenters. The minimum absolute atomic E-state index is 0.0120. The summed E-state index contributed by atoms with van der Waals surface area (Å²) in [5.74, 6) is -3.46. The van der Waals surface area contributed by atoms with Crippen molar-refractivity contribution in [3.8, 4) is 5.75 Å². The van der Waals surface area contributed by atoms with Crippen molar-refractivity contribution in [3.63, 3.8) is 0 Å². The molecule has 0 heterocycles. The molecule has 0 bridgehead atoms. The van der Waals surface area contributed by atoms with Crippen LogP contribution in [0.2, 0.25) is 0 Å². The Labute approximate surface area is 102 Å². The Morgan fingerprint density at radius 1 is 1.50 bits per heavy atom. The van der Waals surface area contributed by atoms with Gasteiger partial charge in [0.05, 0.1) is 13.0 Å². The average Bonchev–Trinajstić information content (AvgIpc) is 3.10. The van der Waals surface area contributed by atoms with Crippen LogP contribution in [0.15, 0.2) is 12.1 Å². The van der Waals surface area contributed by atoms with Gasteiger partial charge in [0.15, 0.2) is 11.6 Å². The van der Waals surface area contributed by atoms with Crippen LogP contribution in [0.3, 0.4) is 0 Å². The van der Waals surface area contributed by atoms with E-state index in [2.05, 4.69) is 4.74 Å². The van der Waals surface area contributed by atoms with Crippen molar-refractivity contribution in [1.82, 2.24) is 0 Å². The lowest BCUT2D eigenvalue weighted by molar-refractivity contribution is -0.138. The summed E-state index contributed by atoms with van der Waals surface area (Å²) >= 11 is 0. The Morgan fingerprint density at radius 3 is 2.67 bits per heavy atom. The standard InChI is InChI=1S/C12H13F2NO3/c1-18-10-4-8(13)7(3-9(10)14)11(15)5-2-6(5)12(16)17/h3-6,11H,2,15H2,1H3,(H,16,17). The van der Waals surface area contributed by atoms with Crippen molar-refractivity contribution in [3.05, 3.63) is 29.3 Å². The second-order valence-corrected chi connectivity index (χ2v) is 4.38. The van der Waals surface area contributed by atoms with E-state index in [1.54, 1.807) is 0 Å². The maximum atomic E-state index is 13.7. The highest BCUT2D eigenvalue weighted by molar-refractivity contribution is 5.73. The van der Waals surface area contributed by atoms with Gasteiger partial charge in [-0.1, -0.05) is 0 Å². The van der Waals surface area contributed by atoms with Crippen LogP contribution >= 0.6 is 0 Å². The van der Waals surface area contributed by atoms with Crippen LogP contribution < -0.4 is 10.5 Å². The number of carboxylic acids is 1. The molecular weight excluding hydrogens is 244 g/mol. The fourth-order valence-electron chi connectivity index (χ4n) is 2.08. The molecule has 3 atom stereocenters. The number of carbonyl (C=O) groups is 1. The first-order valence-corrected chi connectivity index (χ1v) is 5.47. The molecule has 2 rings (SSSR count). The molecule has 6 heteroatoms. The van der Waals surface area contributed by atoms with Crippen LogP contribution in [0, 0.1) is 23.5 Å². The normalized spacial score (nSPS) is 23.6. The van der Waals surface area contributed by atoms with E-state index in [-0.39, 0.29) is 17.2 Å². The first kappa shape index (κ1) is 12.8. The molecule has 0 saturated heterocycles. The lowest BCUT2D eigenvalue weighted by Crippen LogP contribution is -2.17. The van der Waals surface area contributed by atoms with Gasteiger partial charge in [-0.25, -0.2) is 8.78 Å². The molecule has 1 aromatic rings. The van der Waals surface area contributed by atoms with Crippen molar-refractivity contribution in [2.45, 2.75) is 12.5 Å². The Hall–Kier alpha value is -1.69. The zero-order chi connectivity index (χ0) is 13.4. The number of methoxy groups -OCH3 is 1. The van der Waals surface area contributed by atoms with Crippen LogP contribution in [0.5, 0.6) is 5.75 Å². The molecule has 1 saturated carbocycles. The molecule has 1 fully saturated rings. The quantitative estimate of drug-likeness (QED) is 0.861. The molecular formula is C12H13F2NO3. The zero-order valence-corrected chi connectivity index (χ0v) is 9.69. The fraction of sp³-hybridized carbons (Fsp3) is 0.417. The SMILES string of the molecule is COc1cc(F)c(C(N)C2CC2C(=O)O)cc1F. The van der Waals surface area contributed by atoms with Gasteiger partial charge in [-0.15, -0.1) is 0 Å². The lowest BCUT2D eigenvalue weighted by Gasteiger charge is -2.13. The van der Waals surface area contributed by atoms with Gasteiger partial charge in [0.2, 0.25) is 0 Å². The third-order valence-corrected chi connectivity index (χ3v) is 3.25. The number of rotatable bonds is 4. The summed E-state index contributed by atoms with van der Waals surface area (Å²) in [7, 11) is 1.23. The molecule has 1 aromatic carbocycles. The second kappa shape index (κ2) is 4.53. The second-order valence-electron chi connectivity index (χ2n) is 4.38. The van der Waals surface area contributed by atoms with Crippen molar-refractivity contribution >= 4 is 5.97 Å². The number of hydrogen-bond donors (Lipinski definition) is 2. The van der Waals surface area contributed by atoms with Crippen LogP contribution in [-0.2, 0) is 4.79 Å². The van der Waals surface area contributed by atoms with Crippen LogP contribution in [-0.4, -0.2) is 18.2 Å². The predicted molar refractivity (Wildman–Crippen MR) is 59.1 cm³/mol. The lowest BCUT2D eigenvalue weighted by atomic mass is 10.0. The van der Waals surface area contributed by atoms with E-state index in [1.807, 2.05) is 0 Å². The van der Waals surface area contributed by atoms with Gasteiger partial charge in [-0.2, -0.15) is 0 Å². The third-order valence-electron chi connectivity index (χ3n) is 3.25. The van der Waals surface area contributed by atoms with Gasteiger partial charge in [0.25, 0.3) is 0 Å². The molecule has 4 nitrogen and oxygen atoms in total. The minimum Gasteiger partial charge on any atom is -0.494 e. The van der Waals surface area contributed by atoms with E-state index >= 15 is 0 Å². The summed E-state index contributed by atoms with van der Waals surface area (Å²) in [4.78, 5) is 10.7. The summed E-state index contributed by atoms with van der Waals surface area (Å²) in [6, 6.07) is 1.07. The predicted octanol–water partition coefficient (Wildman–Crippen LogP) is 1.69. The number of hydrogen-bond acceptors (Lipinski definition) is 3. The monoisotopic (exact) mass is 257 g/mol. The van der Waals surface area contributed by atoms with Gasteiger partial charge in [0.1, 0.15) is 5.82 Å². The molecule has 3 N–H and O–H groups in total. The molecule has 0 radical (unpaired) electrons. The van der Waals surface area contributed by atoms with E-state index in [0.29, 0.717) is 6.42 Å². The average molecular weight is 257 g/mol. The topological polar surface area (TPSA) is 72.5 Å². The maximum absolute atomic E-state index is 13.7. The van der Waals surface area contributed by atoms with E-state index in [9.17, 15) is 13.6 Å². The largest absolute Gasteiger partial charge is 0.494 e. The van der Waals surface area contributed by atoms with Crippen molar-refractivity contribution in [2.24, 2.45) is 17.6 Å². The van der Waals surface area contributed by atoms with E-state index in [4.69, 9.17) is 10.8 Å². The Kier molecular flexibility index (Phi) is 3.21. The molecule has 1 aliphatic carbocycles. The summed E-state index contributed by atoms with van der Waals surface area (Å²) in [5.41, 5.74) is 5.77. The minimum atomic E-state index is -0.954. The summed E-state index contributed by atoms with van der Waals surface area (Å²) < 4.78 is 31.8. The number of halogens is 2. The number of aliphatic carboxylic acids is 1. The van der Waals surface area contributed by atoms with Gasteiger partial charge in [-0.05, 0) is 18.4 Å².